The molecular weight excluding hydrogens is 336 g/mol. The van der Waals surface area contributed by atoms with Crippen molar-refractivity contribution >= 4 is 11.7 Å². The van der Waals surface area contributed by atoms with E-state index in [1.807, 2.05) is 6.92 Å². The number of piperazine rings is 1. The van der Waals surface area contributed by atoms with Gasteiger partial charge in [0.1, 0.15) is 0 Å². The van der Waals surface area contributed by atoms with E-state index in [4.69, 9.17) is 0 Å². The average molecular weight is 364 g/mol. The lowest BCUT2D eigenvalue weighted by molar-refractivity contribution is -0.142. The zero-order chi connectivity index (χ0) is 18.8. The molecule has 2 heterocycles. The minimum absolute atomic E-state index is 0.231. The lowest BCUT2D eigenvalue weighted by Gasteiger charge is -2.43. The van der Waals surface area contributed by atoms with Gasteiger partial charge in [-0.2, -0.15) is 0 Å². The molecule has 1 fully saturated rings. The lowest BCUT2D eigenvalue weighted by Crippen LogP contribution is -2.49. The monoisotopic (exact) mass is 364 g/mol. The van der Waals surface area contributed by atoms with E-state index in [1.165, 1.54) is 22.4 Å². The van der Waals surface area contributed by atoms with Crippen molar-refractivity contribution in [2.45, 2.75) is 32.2 Å². The third-order valence-corrected chi connectivity index (χ3v) is 6.20. The molecule has 1 saturated heterocycles. The van der Waals surface area contributed by atoms with Gasteiger partial charge in [-0.3, -0.25) is 9.69 Å². The minimum atomic E-state index is -0.662. The maximum absolute atomic E-state index is 11.4. The first kappa shape index (κ1) is 18.1. The van der Waals surface area contributed by atoms with Crippen LogP contribution in [0.1, 0.15) is 42.5 Å². The van der Waals surface area contributed by atoms with Gasteiger partial charge in [0, 0.05) is 25.3 Å². The van der Waals surface area contributed by atoms with Gasteiger partial charge in [0.15, 0.2) is 0 Å². The molecule has 1 N–H and O–H groups in total. The molecule has 0 bridgehead atoms. The van der Waals surface area contributed by atoms with E-state index in [0.717, 1.165) is 39.0 Å². The molecule has 4 heteroatoms. The van der Waals surface area contributed by atoms with Gasteiger partial charge in [-0.05, 0) is 48.6 Å². The Morgan fingerprint density at radius 2 is 1.85 bits per heavy atom. The fourth-order valence-electron chi connectivity index (χ4n) is 4.60. The molecular formula is C23H28N2O2. The second-order valence-electron chi connectivity index (χ2n) is 7.75. The molecule has 0 amide bonds. The Kier molecular flexibility index (Phi) is 5.17. The zero-order valence-corrected chi connectivity index (χ0v) is 16.0. The average Bonchev–Trinajstić information content (AvgIpc) is 2.82. The molecule has 0 radical (unpaired) electrons. The van der Waals surface area contributed by atoms with Crippen LogP contribution in [-0.4, -0.2) is 42.2 Å². The number of para-hydroxylation sites is 1. The molecule has 2 aliphatic heterocycles. The van der Waals surface area contributed by atoms with Crippen molar-refractivity contribution in [3.63, 3.8) is 0 Å². The fourth-order valence-corrected chi connectivity index (χ4v) is 4.60. The Labute approximate surface area is 161 Å². The van der Waals surface area contributed by atoms with Crippen LogP contribution in [0.3, 0.4) is 0 Å². The SMILES string of the molecule is CC[C@H](CCN1CCN2c3ccccc3Cc3ccccc3C2C1)C(=O)O. The lowest BCUT2D eigenvalue weighted by atomic mass is 9.95. The number of fused-ring (bicyclic) bond motifs is 5. The summed E-state index contributed by atoms with van der Waals surface area (Å²) in [5.74, 6) is -0.893. The third kappa shape index (κ3) is 3.59. The van der Waals surface area contributed by atoms with E-state index in [0.29, 0.717) is 12.5 Å². The van der Waals surface area contributed by atoms with Crippen LogP contribution in [0.4, 0.5) is 5.69 Å². The number of nitrogens with zero attached hydrogens (tertiary/aromatic N) is 2. The summed E-state index contributed by atoms with van der Waals surface area (Å²) in [7, 11) is 0. The number of benzene rings is 2. The minimum Gasteiger partial charge on any atom is -0.481 e. The highest BCUT2D eigenvalue weighted by Crippen LogP contribution is 2.39. The molecule has 2 aromatic rings. The fraction of sp³-hybridized carbons (Fsp3) is 0.435. The van der Waals surface area contributed by atoms with Gasteiger partial charge in [0.25, 0.3) is 0 Å². The molecule has 142 valence electrons. The smallest absolute Gasteiger partial charge is 0.306 e. The number of carboxylic acids is 1. The number of hydrogen-bond donors (Lipinski definition) is 1. The Bertz CT molecular complexity index is 820. The molecule has 27 heavy (non-hydrogen) atoms. The van der Waals surface area contributed by atoms with Gasteiger partial charge in [-0.1, -0.05) is 49.4 Å². The summed E-state index contributed by atoms with van der Waals surface area (Å²) in [5.41, 5.74) is 5.59. The molecule has 4 rings (SSSR count). The first-order valence-electron chi connectivity index (χ1n) is 10.0. The van der Waals surface area contributed by atoms with E-state index >= 15 is 0 Å². The molecule has 2 atom stereocenters. The van der Waals surface area contributed by atoms with Crippen molar-refractivity contribution in [3.05, 3.63) is 65.2 Å². The van der Waals surface area contributed by atoms with Gasteiger partial charge in [-0.25, -0.2) is 0 Å². The summed E-state index contributed by atoms with van der Waals surface area (Å²) in [5, 5.41) is 9.34. The first-order chi connectivity index (χ1) is 13.2. The van der Waals surface area contributed by atoms with Crippen molar-refractivity contribution < 1.29 is 9.90 Å². The summed E-state index contributed by atoms with van der Waals surface area (Å²) < 4.78 is 0. The number of hydrogen-bond acceptors (Lipinski definition) is 3. The van der Waals surface area contributed by atoms with Crippen LogP contribution in [0.2, 0.25) is 0 Å². The highest BCUT2D eigenvalue weighted by Gasteiger charge is 2.33. The standard InChI is InChI=1S/C23H28N2O2/c1-2-17(23(26)27)11-12-24-13-14-25-21-10-6-4-8-19(21)15-18-7-3-5-9-20(18)22(25)16-24/h3-10,17,22H,2,11-16H2,1H3,(H,26,27)/t17-,22?/m1/s1. The molecule has 0 spiro atoms. The first-order valence-corrected chi connectivity index (χ1v) is 10.0. The Morgan fingerprint density at radius 3 is 2.63 bits per heavy atom. The van der Waals surface area contributed by atoms with Crippen molar-refractivity contribution in [1.82, 2.24) is 4.90 Å². The maximum Gasteiger partial charge on any atom is 0.306 e. The topological polar surface area (TPSA) is 43.8 Å². The highest BCUT2D eigenvalue weighted by atomic mass is 16.4. The molecule has 0 saturated carbocycles. The molecule has 0 aromatic heterocycles. The summed E-state index contributed by atoms with van der Waals surface area (Å²) in [6.07, 6.45) is 2.42. The van der Waals surface area contributed by atoms with Crippen LogP contribution >= 0.6 is 0 Å². The highest BCUT2D eigenvalue weighted by molar-refractivity contribution is 5.69. The molecule has 1 unspecified atom stereocenters. The number of rotatable bonds is 5. The van der Waals surface area contributed by atoms with E-state index in [9.17, 15) is 9.90 Å². The largest absolute Gasteiger partial charge is 0.481 e. The van der Waals surface area contributed by atoms with Crippen molar-refractivity contribution in [3.8, 4) is 0 Å². The number of anilines is 1. The Morgan fingerprint density at radius 1 is 1.11 bits per heavy atom. The van der Waals surface area contributed by atoms with Crippen molar-refractivity contribution in [1.29, 1.82) is 0 Å². The van der Waals surface area contributed by atoms with Gasteiger partial charge >= 0.3 is 5.97 Å². The van der Waals surface area contributed by atoms with Crippen LogP contribution in [0.5, 0.6) is 0 Å². The van der Waals surface area contributed by atoms with Crippen LogP contribution in [-0.2, 0) is 11.2 Å². The van der Waals surface area contributed by atoms with Gasteiger partial charge in [-0.15, -0.1) is 0 Å². The Balaban J connectivity index is 1.59. The van der Waals surface area contributed by atoms with E-state index in [-0.39, 0.29) is 5.92 Å². The zero-order valence-electron chi connectivity index (χ0n) is 16.0. The van der Waals surface area contributed by atoms with Crippen LogP contribution < -0.4 is 4.90 Å². The third-order valence-electron chi connectivity index (χ3n) is 6.20. The summed E-state index contributed by atoms with van der Waals surface area (Å²) in [4.78, 5) is 16.4. The molecule has 2 aliphatic rings. The second kappa shape index (κ2) is 7.73. The predicted molar refractivity (Wildman–Crippen MR) is 108 cm³/mol. The normalized spacial score (nSPS) is 20.2. The Hall–Kier alpha value is -2.33. The molecule has 4 nitrogen and oxygen atoms in total. The van der Waals surface area contributed by atoms with Gasteiger partial charge in [0.05, 0.1) is 12.0 Å². The van der Waals surface area contributed by atoms with Crippen LogP contribution in [0, 0.1) is 5.92 Å². The van der Waals surface area contributed by atoms with Crippen LogP contribution in [0.15, 0.2) is 48.5 Å². The van der Waals surface area contributed by atoms with E-state index < -0.39 is 5.97 Å². The quantitative estimate of drug-likeness (QED) is 0.872. The summed E-state index contributed by atoms with van der Waals surface area (Å²) in [6.45, 7) is 5.76. The van der Waals surface area contributed by atoms with E-state index in [1.54, 1.807) is 0 Å². The predicted octanol–water partition coefficient (Wildman–Crippen LogP) is 3.96. The molecule has 2 aromatic carbocycles. The number of aliphatic carboxylic acids is 1. The van der Waals surface area contributed by atoms with E-state index in [2.05, 4.69) is 58.3 Å². The van der Waals surface area contributed by atoms with Crippen molar-refractivity contribution in [2.24, 2.45) is 5.92 Å². The number of carbonyl (C=O) groups is 1. The van der Waals surface area contributed by atoms with Crippen molar-refractivity contribution in [2.75, 3.05) is 31.1 Å². The second-order valence-corrected chi connectivity index (χ2v) is 7.75. The summed E-state index contributed by atoms with van der Waals surface area (Å²) in [6, 6.07) is 17.9. The van der Waals surface area contributed by atoms with Gasteiger partial charge < -0.3 is 10.0 Å². The van der Waals surface area contributed by atoms with Gasteiger partial charge in [0.2, 0.25) is 0 Å². The maximum atomic E-state index is 11.4. The number of carboxylic acid groups (broad SMARTS) is 1. The summed E-state index contributed by atoms with van der Waals surface area (Å²) >= 11 is 0. The molecule has 0 aliphatic carbocycles. The van der Waals surface area contributed by atoms with Crippen LogP contribution in [0.25, 0.3) is 0 Å².